The number of halogens is 1. The Morgan fingerprint density at radius 1 is 1.05 bits per heavy atom. The third kappa shape index (κ3) is 5.49. The summed E-state index contributed by atoms with van der Waals surface area (Å²) in [7, 11) is 0.552. The molecule has 0 bridgehead atoms. The molecular formula is C23H29FN8O6S. The highest BCUT2D eigenvalue weighted by Gasteiger charge is 2.39. The van der Waals surface area contributed by atoms with E-state index in [-0.39, 0.29) is 42.2 Å². The van der Waals surface area contributed by atoms with E-state index in [1.807, 2.05) is 0 Å². The van der Waals surface area contributed by atoms with Crippen LogP contribution in [0.3, 0.4) is 0 Å². The first-order valence-electron chi connectivity index (χ1n) is 12.3. The number of rotatable bonds is 9. The summed E-state index contributed by atoms with van der Waals surface area (Å²) >= 11 is 0. The van der Waals surface area contributed by atoms with Crippen molar-refractivity contribution in [2.24, 2.45) is 0 Å². The van der Waals surface area contributed by atoms with E-state index in [1.165, 1.54) is 27.7 Å². The Morgan fingerprint density at radius 2 is 1.77 bits per heavy atom. The number of nitrogens with zero attached hydrogens (tertiary/aromatic N) is 8. The summed E-state index contributed by atoms with van der Waals surface area (Å²) in [4.78, 5) is 18.1. The van der Waals surface area contributed by atoms with Gasteiger partial charge < -0.3 is 23.8 Å². The van der Waals surface area contributed by atoms with Gasteiger partial charge in [0.25, 0.3) is 0 Å². The molecule has 0 radical (unpaired) electrons. The first-order valence-corrected chi connectivity index (χ1v) is 14.0. The molecule has 5 heterocycles. The van der Waals surface area contributed by atoms with Gasteiger partial charge >= 0.3 is 0 Å². The van der Waals surface area contributed by atoms with Crippen molar-refractivity contribution in [3.63, 3.8) is 0 Å². The van der Waals surface area contributed by atoms with E-state index < -0.39 is 38.9 Å². The van der Waals surface area contributed by atoms with Crippen LogP contribution in [0.15, 0.2) is 18.7 Å². The molecule has 39 heavy (non-hydrogen) atoms. The maximum atomic E-state index is 13.9. The lowest BCUT2D eigenvalue weighted by Gasteiger charge is -2.36. The monoisotopic (exact) mass is 564 g/mol. The molecule has 3 aromatic heterocycles. The molecule has 5 rings (SSSR count). The maximum absolute atomic E-state index is 13.9. The Kier molecular flexibility index (Phi) is 7.86. The Labute approximate surface area is 224 Å². The van der Waals surface area contributed by atoms with E-state index in [2.05, 4.69) is 30.1 Å². The van der Waals surface area contributed by atoms with Crippen molar-refractivity contribution in [1.29, 1.82) is 0 Å². The van der Waals surface area contributed by atoms with Crippen molar-refractivity contribution in [1.82, 2.24) is 34.7 Å². The van der Waals surface area contributed by atoms with Gasteiger partial charge in [0.1, 0.15) is 18.2 Å². The standard InChI is InChI=1S/C23H29FN8O6S/c1-35-15-7-16(11-31(10-15)23-25-8-14(24)9-26-23)39(33,34)12-18-29-30-20(17-5-4-6-38-17)32(18)19-21(36-2)27-13-28-22(19)37-3/h8-9,13,15-17H,4-7,10-12H2,1-3H3/t15-,16-,17+/m1/s1. The lowest BCUT2D eigenvalue weighted by molar-refractivity contribution is 0.0897. The predicted octanol–water partition coefficient (Wildman–Crippen LogP) is 1.06. The van der Waals surface area contributed by atoms with Crippen LogP contribution in [-0.4, -0.2) is 95.5 Å². The van der Waals surface area contributed by atoms with Crippen LogP contribution in [0.5, 0.6) is 11.8 Å². The highest BCUT2D eigenvalue weighted by molar-refractivity contribution is 7.91. The van der Waals surface area contributed by atoms with Crippen LogP contribution in [0.1, 0.15) is 37.0 Å². The van der Waals surface area contributed by atoms with Gasteiger partial charge in [0, 0.05) is 26.8 Å². The number of ether oxygens (including phenoxy) is 4. The molecule has 0 unspecified atom stereocenters. The van der Waals surface area contributed by atoms with Gasteiger partial charge in [0.15, 0.2) is 33.0 Å². The van der Waals surface area contributed by atoms with Crippen LogP contribution in [-0.2, 0) is 25.1 Å². The Morgan fingerprint density at radius 3 is 2.38 bits per heavy atom. The van der Waals surface area contributed by atoms with E-state index in [1.54, 1.807) is 9.47 Å². The minimum Gasteiger partial charge on any atom is -0.479 e. The highest BCUT2D eigenvalue weighted by atomic mass is 32.2. The molecular weight excluding hydrogens is 535 g/mol. The van der Waals surface area contributed by atoms with Gasteiger partial charge in [-0.25, -0.2) is 22.8 Å². The third-order valence-electron chi connectivity index (χ3n) is 6.77. The average molecular weight is 565 g/mol. The molecule has 14 nitrogen and oxygen atoms in total. The Balaban J connectivity index is 1.52. The molecule has 210 valence electrons. The molecule has 0 amide bonds. The van der Waals surface area contributed by atoms with Crippen molar-refractivity contribution in [3.8, 4) is 17.4 Å². The maximum Gasteiger partial charge on any atom is 0.245 e. The first kappa shape index (κ1) is 27.1. The van der Waals surface area contributed by atoms with Crippen molar-refractivity contribution in [2.45, 2.75) is 42.5 Å². The minimum atomic E-state index is -3.85. The normalized spacial score (nSPS) is 21.7. The van der Waals surface area contributed by atoms with Crippen LogP contribution in [0, 0.1) is 5.82 Å². The van der Waals surface area contributed by atoms with E-state index in [0.29, 0.717) is 25.4 Å². The second-order valence-electron chi connectivity index (χ2n) is 9.18. The lowest BCUT2D eigenvalue weighted by atomic mass is 10.1. The summed E-state index contributed by atoms with van der Waals surface area (Å²) in [5.74, 6) is 0.0542. The largest absolute Gasteiger partial charge is 0.479 e. The smallest absolute Gasteiger partial charge is 0.245 e. The zero-order valence-corrected chi connectivity index (χ0v) is 22.5. The SMILES string of the molecule is COc1ncnc(OC)c1-n1c(CS(=O)(=O)[C@@H]2C[C@@H](OC)CN(c3ncc(F)cn3)C2)nnc1[C@@H]1CCCO1. The molecule has 2 aliphatic rings. The number of aromatic nitrogens is 7. The van der Waals surface area contributed by atoms with Gasteiger partial charge in [-0.2, -0.15) is 9.97 Å². The van der Waals surface area contributed by atoms with Crippen LogP contribution < -0.4 is 14.4 Å². The van der Waals surface area contributed by atoms with Gasteiger partial charge in [0.2, 0.25) is 17.7 Å². The molecule has 0 saturated carbocycles. The molecule has 3 atom stereocenters. The second-order valence-corrected chi connectivity index (χ2v) is 11.5. The zero-order valence-electron chi connectivity index (χ0n) is 21.7. The quantitative estimate of drug-likeness (QED) is 0.364. The fourth-order valence-electron chi connectivity index (χ4n) is 4.86. The average Bonchev–Trinajstić information content (AvgIpc) is 3.62. The van der Waals surface area contributed by atoms with Gasteiger partial charge in [-0.1, -0.05) is 0 Å². The van der Waals surface area contributed by atoms with E-state index in [0.717, 1.165) is 18.8 Å². The summed E-state index contributed by atoms with van der Waals surface area (Å²) in [6.45, 7) is 1.01. The molecule has 16 heteroatoms. The summed E-state index contributed by atoms with van der Waals surface area (Å²) in [5, 5.41) is 7.74. The predicted molar refractivity (Wildman–Crippen MR) is 134 cm³/mol. The number of hydrogen-bond donors (Lipinski definition) is 0. The highest BCUT2D eigenvalue weighted by Crippen LogP contribution is 2.36. The van der Waals surface area contributed by atoms with Crippen molar-refractivity contribution in [3.05, 3.63) is 36.2 Å². The first-order chi connectivity index (χ1) is 18.8. The molecule has 2 saturated heterocycles. The number of methoxy groups -OCH3 is 3. The molecule has 3 aromatic rings. The zero-order chi connectivity index (χ0) is 27.6. The number of piperidine rings is 1. The van der Waals surface area contributed by atoms with E-state index in [9.17, 15) is 12.8 Å². The Bertz CT molecular complexity index is 1380. The van der Waals surface area contributed by atoms with Crippen molar-refractivity contribution < 1.29 is 31.8 Å². The fraction of sp³-hybridized carbons (Fsp3) is 0.565. The van der Waals surface area contributed by atoms with Crippen molar-refractivity contribution in [2.75, 3.05) is 45.9 Å². The molecule has 2 aliphatic heterocycles. The second kappa shape index (κ2) is 11.3. The van der Waals surface area contributed by atoms with E-state index in [4.69, 9.17) is 18.9 Å². The van der Waals surface area contributed by atoms with Crippen molar-refractivity contribution >= 4 is 15.8 Å². The summed E-state index contributed by atoms with van der Waals surface area (Å²) in [6, 6.07) is 0. The number of anilines is 1. The van der Waals surface area contributed by atoms with Gasteiger partial charge in [0.05, 0.1) is 38.0 Å². The Hall–Kier alpha value is -3.50. The van der Waals surface area contributed by atoms with Gasteiger partial charge in [-0.05, 0) is 19.3 Å². The molecule has 0 aliphatic carbocycles. The minimum absolute atomic E-state index is 0.0989. The van der Waals surface area contributed by atoms with Crippen LogP contribution in [0.25, 0.3) is 5.69 Å². The molecule has 0 spiro atoms. The third-order valence-corrected chi connectivity index (χ3v) is 8.79. The summed E-state index contributed by atoms with van der Waals surface area (Å²) < 4.78 is 65.0. The summed E-state index contributed by atoms with van der Waals surface area (Å²) in [6.07, 6.45) is 4.33. The van der Waals surface area contributed by atoms with Crippen LogP contribution >= 0.6 is 0 Å². The molecule has 2 fully saturated rings. The lowest BCUT2D eigenvalue weighted by Crippen LogP contribution is -2.50. The topological polar surface area (TPSA) is 157 Å². The molecule has 0 N–H and O–H groups in total. The summed E-state index contributed by atoms with van der Waals surface area (Å²) in [5.41, 5.74) is 0.281. The van der Waals surface area contributed by atoms with Gasteiger partial charge in [-0.15, -0.1) is 10.2 Å². The number of sulfone groups is 1. The van der Waals surface area contributed by atoms with Crippen LogP contribution in [0.2, 0.25) is 0 Å². The fourth-order valence-corrected chi connectivity index (χ4v) is 6.56. The van der Waals surface area contributed by atoms with Crippen LogP contribution in [0.4, 0.5) is 10.3 Å². The van der Waals surface area contributed by atoms with Gasteiger partial charge in [-0.3, -0.25) is 4.57 Å². The molecule has 0 aromatic carbocycles. The number of hydrogen-bond acceptors (Lipinski definition) is 13. The van der Waals surface area contributed by atoms with E-state index >= 15 is 0 Å².